The third-order valence-electron chi connectivity index (χ3n) is 4.43. The van der Waals surface area contributed by atoms with E-state index in [4.69, 9.17) is 23.2 Å². The lowest BCUT2D eigenvalue weighted by Gasteiger charge is -2.11. The number of aromatic nitrogens is 1. The van der Waals surface area contributed by atoms with Gasteiger partial charge in [0.05, 0.1) is 15.0 Å². The topological polar surface area (TPSA) is 79.4 Å². The summed E-state index contributed by atoms with van der Waals surface area (Å²) < 4.78 is 0. The lowest BCUT2D eigenvalue weighted by atomic mass is 10.1. The molecule has 32 heavy (non-hydrogen) atoms. The van der Waals surface area contributed by atoms with Crippen LogP contribution in [0.4, 0.5) is 9.93 Å². The second-order valence-corrected chi connectivity index (χ2v) is 9.71. The molecule has 3 aromatic rings. The summed E-state index contributed by atoms with van der Waals surface area (Å²) in [5, 5.41) is 3.51. The van der Waals surface area contributed by atoms with E-state index in [1.165, 1.54) is 11.3 Å². The molecule has 2 aromatic carbocycles. The molecule has 1 N–H and O–H groups in total. The maximum atomic E-state index is 12.6. The van der Waals surface area contributed by atoms with Crippen LogP contribution in [0.5, 0.6) is 0 Å². The number of benzene rings is 2. The summed E-state index contributed by atoms with van der Waals surface area (Å²) in [5.74, 6) is -0.984. The molecular weight excluding hydrogens is 489 g/mol. The van der Waals surface area contributed by atoms with Gasteiger partial charge in [0.2, 0.25) is 5.91 Å². The van der Waals surface area contributed by atoms with Crippen LogP contribution in [0.15, 0.2) is 59.6 Å². The van der Waals surface area contributed by atoms with Gasteiger partial charge in [-0.15, -0.1) is 11.3 Å². The number of halogens is 2. The Labute approximate surface area is 202 Å². The van der Waals surface area contributed by atoms with Gasteiger partial charge in [0.1, 0.15) is 6.54 Å². The van der Waals surface area contributed by atoms with Crippen molar-refractivity contribution in [3.8, 4) is 0 Å². The lowest BCUT2D eigenvalue weighted by Crippen LogP contribution is -2.36. The van der Waals surface area contributed by atoms with Crippen molar-refractivity contribution in [3.63, 3.8) is 0 Å². The van der Waals surface area contributed by atoms with Crippen molar-refractivity contribution in [3.05, 3.63) is 85.7 Å². The van der Waals surface area contributed by atoms with Crippen LogP contribution in [-0.4, -0.2) is 33.5 Å². The molecule has 0 atom stereocenters. The Morgan fingerprint density at radius 3 is 2.62 bits per heavy atom. The van der Waals surface area contributed by atoms with Gasteiger partial charge in [-0.25, -0.2) is 4.98 Å². The van der Waals surface area contributed by atoms with Crippen molar-refractivity contribution in [2.45, 2.75) is 6.42 Å². The van der Waals surface area contributed by atoms with Crippen molar-refractivity contribution in [2.75, 3.05) is 11.9 Å². The van der Waals surface area contributed by atoms with E-state index in [9.17, 15) is 14.4 Å². The third-order valence-corrected chi connectivity index (χ3v) is 6.99. The van der Waals surface area contributed by atoms with E-state index in [0.717, 1.165) is 32.7 Å². The number of carbonyl (C=O) groups is 3. The van der Waals surface area contributed by atoms with Gasteiger partial charge in [0.15, 0.2) is 5.13 Å². The standard InChI is InChI=1S/C22H15Cl2N3O3S2/c23-16-7-6-14(9-17(16)24)8-15-11-25-21(31-15)26-19(28)12-27-20(29)18(32-22(27)30)10-13-4-2-1-3-5-13/h1-7,9-11H,8,12H2,(H,25,26,28)/b18-10-. The molecule has 2 heterocycles. The first-order valence-electron chi connectivity index (χ1n) is 9.38. The van der Waals surface area contributed by atoms with E-state index < -0.39 is 17.1 Å². The van der Waals surface area contributed by atoms with Crippen molar-refractivity contribution in [1.29, 1.82) is 0 Å². The molecule has 1 aromatic heterocycles. The maximum absolute atomic E-state index is 12.6. The van der Waals surface area contributed by atoms with E-state index in [-0.39, 0.29) is 11.4 Å². The summed E-state index contributed by atoms with van der Waals surface area (Å²) in [5.41, 5.74) is 1.77. The Kier molecular flexibility index (Phi) is 6.95. The minimum atomic E-state index is -0.497. The zero-order valence-corrected chi connectivity index (χ0v) is 19.5. The van der Waals surface area contributed by atoms with E-state index >= 15 is 0 Å². The van der Waals surface area contributed by atoms with Crippen LogP contribution in [-0.2, 0) is 16.0 Å². The fourth-order valence-corrected chi connectivity index (χ4v) is 4.96. The first-order valence-corrected chi connectivity index (χ1v) is 11.8. The first-order chi connectivity index (χ1) is 15.4. The number of hydrogen-bond donors (Lipinski definition) is 1. The van der Waals surface area contributed by atoms with Gasteiger partial charge in [-0.1, -0.05) is 59.6 Å². The number of hydrogen-bond acceptors (Lipinski definition) is 6. The van der Waals surface area contributed by atoms with Crippen LogP contribution in [0.2, 0.25) is 10.0 Å². The van der Waals surface area contributed by atoms with Crippen LogP contribution in [0, 0.1) is 0 Å². The molecule has 1 saturated heterocycles. The van der Waals surface area contributed by atoms with E-state index in [2.05, 4.69) is 10.3 Å². The van der Waals surface area contributed by atoms with Gasteiger partial charge >= 0.3 is 0 Å². The second kappa shape index (κ2) is 9.87. The van der Waals surface area contributed by atoms with Gasteiger partial charge in [-0.05, 0) is 41.1 Å². The van der Waals surface area contributed by atoms with E-state index in [1.54, 1.807) is 24.4 Å². The molecule has 1 fully saturated rings. The molecular formula is C22H15Cl2N3O3S2. The normalized spacial score (nSPS) is 14.9. The molecule has 0 bridgehead atoms. The Balaban J connectivity index is 1.36. The lowest BCUT2D eigenvalue weighted by molar-refractivity contribution is -0.127. The van der Waals surface area contributed by atoms with Crippen molar-refractivity contribution < 1.29 is 14.4 Å². The van der Waals surface area contributed by atoms with Gasteiger partial charge < -0.3 is 5.32 Å². The zero-order valence-electron chi connectivity index (χ0n) is 16.4. The number of anilines is 1. The Bertz CT molecular complexity index is 1230. The molecule has 4 rings (SSSR count). The SMILES string of the molecule is O=C(CN1C(=O)S/C(=C\c2ccccc2)C1=O)Nc1ncc(Cc2ccc(Cl)c(Cl)c2)s1. The highest BCUT2D eigenvalue weighted by Gasteiger charge is 2.36. The third kappa shape index (κ3) is 5.39. The summed E-state index contributed by atoms with van der Waals surface area (Å²) in [6, 6.07) is 14.6. The fraction of sp³-hybridized carbons (Fsp3) is 0.0909. The Morgan fingerprint density at radius 1 is 1.09 bits per heavy atom. The second-order valence-electron chi connectivity index (χ2n) is 6.78. The Hall–Kier alpha value is -2.65. The minimum Gasteiger partial charge on any atom is -0.300 e. The number of carbonyl (C=O) groups excluding carboxylic acids is 3. The van der Waals surface area contributed by atoms with Crippen molar-refractivity contribution in [1.82, 2.24) is 9.88 Å². The number of nitrogens with one attached hydrogen (secondary N) is 1. The van der Waals surface area contributed by atoms with Gasteiger partial charge in [0, 0.05) is 17.5 Å². The van der Waals surface area contributed by atoms with Crippen LogP contribution in [0.3, 0.4) is 0 Å². The largest absolute Gasteiger partial charge is 0.300 e. The zero-order chi connectivity index (χ0) is 22.7. The number of nitrogens with zero attached hydrogens (tertiary/aromatic N) is 2. The van der Waals surface area contributed by atoms with E-state index in [0.29, 0.717) is 21.6 Å². The average molecular weight is 504 g/mol. The summed E-state index contributed by atoms with van der Waals surface area (Å²) in [6.45, 7) is -0.376. The molecule has 3 amide bonds. The predicted molar refractivity (Wildman–Crippen MR) is 129 cm³/mol. The highest BCUT2D eigenvalue weighted by Crippen LogP contribution is 2.32. The predicted octanol–water partition coefficient (Wildman–Crippen LogP) is 5.72. The Morgan fingerprint density at radius 2 is 1.88 bits per heavy atom. The summed E-state index contributed by atoms with van der Waals surface area (Å²) in [6.07, 6.45) is 3.88. The van der Waals surface area contributed by atoms with Crippen molar-refractivity contribution in [2.24, 2.45) is 0 Å². The molecule has 0 saturated carbocycles. The molecule has 6 nitrogen and oxygen atoms in total. The number of thiazole rings is 1. The maximum Gasteiger partial charge on any atom is 0.294 e. The number of rotatable bonds is 6. The summed E-state index contributed by atoms with van der Waals surface area (Å²) >= 11 is 14.1. The monoisotopic (exact) mass is 503 g/mol. The smallest absolute Gasteiger partial charge is 0.294 e. The molecule has 1 aliphatic heterocycles. The molecule has 1 aliphatic rings. The highest BCUT2D eigenvalue weighted by molar-refractivity contribution is 8.18. The summed E-state index contributed by atoms with van der Waals surface area (Å²) in [7, 11) is 0. The first kappa shape index (κ1) is 22.5. The molecule has 162 valence electrons. The number of thioether (sulfide) groups is 1. The quantitative estimate of drug-likeness (QED) is 0.435. The molecule has 0 unspecified atom stereocenters. The van der Waals surface area contributed by atoms with Crippen molar-refractivity contribution >= 4 is 74.6 Å². The minimum absolute atomic E-state index is 0.284. The van der Waals surface area contributed by atoms with Gasteiger partial charge in [-0.3, -0.25) is 19.3 Å². The number of amides is 3. The van der Waals surface area contributed by atoms with Crippen LogP contribution >= 0.6 is 46.3 Å². The fourth-order valence-electron chi connectivity index (χ4n) is 2.94. The van der Waals surface area contributed by atoms with Crippen LogP contribution in [0.25, 0.3) is 6.08 Å². The van der Waals surface area contributed by atoms with Crippen LogP contribution in [0.1, 0.15) is 16.0 Å². The summed E-state index contributed by atoms with van der Waals surface area (Å²) in [4.78, 5) is 43.6. The highest BCUT2D eigenvalue weighted by atomic mass is 35.5. The van der Waals surface area contributed by atoms with E-state index in [1.807, 2.05) is 36.4 Å². The van der Waals surface area contributed by atoms with Gasteiger partial charge in [-0.2, -0.15) is 0 Å². The molecule has 0 radical (unpaired) electrons. The molecule has 0 aliphatic carbocycles. The average Bonchev–Trinajstić information content (AvgIpc) is 3.30. The molecule has 0 spiro atoms. The van der Waals surface area contributed by atoms with Crippen LogP contribution < -0.4 is 5.32 Å². The number of imide groups is 1. The van der Waals surface area contributed by atoms with Gasteiger partial charge in [0.25, 0.3) is 11.1 Å². The molecule has 10 heteroatoms.